The van der Waals surface area contributed by atoms with E-state index >= 15 is 0 Å². The molecule has 4 nitrogen and oxygen atoms in total. The topological polar surface area (TPSA) is 44.5 Å². The second-order valence-electron chi connectivity index (χ2n) is 4.97. The van der Waals surface area contributed by atoms with Crippen LogP contribution in [0.1, 0.15) is 33.3 Å². The average Bonchev–Trinajstić information content (AvgIpc) is 2.28. The molecular formula is C14H21NO3. The first kappa shape index (κ1) is 14.4. The van der Waals surface area contributed by atoms with Gasteiger partial charge in [-0.2, -0.15) is 0 Å². The highest BCUT2D eigenvalue weighted by molar-refractivity contribution is 5.77. The Balaban J connectivity index is 3.09. The number of benzene rings is 1. The summed E-state index contributed by atoms with van der Waals surface area (Å²) in [5, 5.41) is 11.8. The maximum atomic E-state index is 11.8. The number of hydroxylamine groups is 1. The van der Waals surface area contributed by atoms with Crippen molar-refractivity contribution in [1.82, 2.24) is 0 Å². The summed E-state index contributed by atoms with van der Waals surface area (Å²) in [5.41, 5.74) is 0.343. The van der Waals surface area contributed by atoms with Crippen molar-refractivity contribution < 1.29 is 14.2 Å². The number of ether oxygens (including phenoxy) is 2. The third-order valence-corrected chi connectivity index (χ3v) is 2.42. The normalized spacial score (nSPS) is 12.4. The monoisotopic (exact) mass is 251 g/mol. The predicted molar refractivity (Wildman–Crippen MR) is 72.7 cm³/mol. The SMILES string of the molecule is CCOc1cc(C=[N+]([O-])C(C)(C)C)ccc1OC. The first-order valence-electron chi connectivity index (χ1n) is 6.00. The summed E-state index contributed by atoms with van der Waals surface area (Å²) in [6.45, 7) is 8.06. The van der Waals surface area contributed by atoms with Crippen LogP contribution < -0.4 is 9.47 Å². The zero-order chi connectivity index (χ0) is 13.8. The molecule has 0 aliphatic heterocycles. The Bertz CT molecular complexity index is 433. The van der Waals surface area contributed by atoms with Gasteiger partial charge in [-0.25, -0.2) is 4.74 Å². The van der Waals surface area contributed by atoms with Crippen LogP contribution in [0.25, 0.3) is 0 Å². The van der Waals surface area contributed by atoms with Crippen LogP contribution >= 0.6 is 0 Å². The van der Waals surface area contributed by atoms with Crippen molar-refractivity contribution in [3.8, 4) is 11.5 Å². The molecule has 1 rings (SSSR count). The van der Waals surface area contributed by atoms with E-state index in [-0.39, 0.29) is 0 Å². The molecule has 0 aliphatic rings. The molecule has 0 spiro atoms. The van der Waals surface area contributed by atoms with E-state index in [2.05, 4.69) is 0 Å². The second kappa shape index (κ2) is 5.76. The van der Waals surface area contributed by atoms with Gasteiger partial charge in [0.15, 0.2) is 23.3 Å². The molecule has 1 aromatic rings. The molecule has 0 bridgehead atoms. The van der Waals surface area contributed by atoms with Gasteiger partial charge in [-0.3, -0.25) is 0 Å². The van der Waals surface area contributed by atoms with E-state index in [1.54, 1.807) is 25.5 Å². The maximum absolute atomic E-state index is 11.8. The summed E-state index contributed by atoms with van der Waals surface area (Å²) in [5.74, 6) is 1.32. The second-order valence-corrected chi connectivity index (χ2v) is 4.97. The molecule has 0 N–H and O–H groups in total. The third kappa shape index (κ3) is 3.65. The lowest BCUT2D eigenvalue weighted by molar-refractivity contribution is -0.530. The quantitative estimate of drug-likeness (QED) is 0.358. The van der Waals surface area contributed by atoms with Crippen molar-refractivity contribution in [3.05, 3.63) is 29.0 Å². The summed E-state index contributed by atoms with van der Waals surface area (Å²) < 4.78 is 11.6. The van der Waals surface area contributed by atoms with Crippen LogP contribution in [0.5, 0.6) is 11.5 Å². The fourth-order valence-corrected chi connectivity index (χ4v) is 1.37. The van der Waals surface area contributed by atoms with Gasteiger partial charge in [-0.1, -0.05) is 0 Å². The molecule has 0 amide bonds. The molecule has 0 heterocycles. The molecule has 0 atom stereocenters. The highest BCUT2D eigenvalue weighted by Gasteiger charge is 2.18. The van der Waals surface area contributed by atoms with Crippen LogP contribution in [0.4, 0.5) is 0 Å². The van der Waals surface area contributed by atoms with Crippen molar-refractivity contribution in [1.29, 1.82) is 0 Å². The van der Waals surface area contributed by atoms with Gasteiger partial charge < -0.3 is 14.7 Å². The summed E-state index contributed by atoms with van der Waals surface area (Å²) in [4.78, 5) is 0. The van der Waals surface area contributed by atoms with Crippen molar-refractivity contribution >= 4 is 6.21 Å². The number of rotatable bonds is 4. The van der Waals surface area contributed by atoms with Gasteiger partial charge in [-0.05, 0) is 25.1 Å². The Hall–Kier alpha value is -1.71. The Morgan fingerprint density at radius 3 is 2.44 bits per heavy atom. The van der Waals surface area contributed by atoms with Gasteiger partial charge in [0, 0.05) is 26.3 Å². The molecule has 0 aromatic heterocycles. The van der Waals surface area contributed by atoms with E-state index in [4.69, 9.17) is 9.47 Å². The predicted octanol–water partition coefficient (Wildman–Crippen LogP) is 2.82. The Kier molecular flexibility index (Phi) is 4.59. The Labute approximate surface area is 108 Å². The first-order valence-corrected chi connectivity index (χ1v) is 6.00. The van der Waals surface area contributed by atoms with E-state index < -0.39 is 5.54 Å². The van der Waals surface area contributed by atoms with Crippen LogP contribution in [-0.4, -0.2) is 30.2 Å². The molecule has 100 valence electrons. The molecule has 0 fully saturated rings. The minimum atomic E-state index is -0.453. The fraction of sp³-hybridized carbons (Fsp3) is 0.500. The minimum Gasteiger partial charge on any atom is -0.623 e. The van der Waals surface area contributed by atoms with Crippen LogP contribution in [0.2, 0.25) is 0 Å². The molecule has 4 heteroatoms. The van der Waals surface area contributed by atoms with Gasteiger partial charge in [0.25, 0.3) is 0 Å². The summed E-state index contributed by atoms with van der Waals surface area (Å²) in [7, 11) is 1.59. The highest BCUT2D eigenvalue weighted by Crippen LogP contribution is 2.27. The minimum absolute atomic E-state index is 0.453. The Morgan fingerprint density at radius 1 is 1.28 bits per heavy atom. The molecule has 0 saturated carbocycles. The number of methoxy groups -OCH3 is 1. The molecule has 0 radical (unpaired) electrons. The summed E-state index contributed by atoms with van der Waals surface area (Å²) in [6.07, 6.45) is 1.56. The standard InChI is InChI=1S/C14H21NO3/c1-6-18-13-9-11(7-8-12(13)17-5)10-15(16)14(2,3)4/h7-10H,6H2,1-5H3. The molecule has 0 unspecified atom stereocenters. The van der Waals surface area contributed by atoms with Gasteiger partial charge in [0.1, 0.15) is 0 Å². The van der Waals surface area contributed by atoms with Crippen molar-refractivity contribution in [2.24, 2.45) is 0 Å². The maximum Gasteiger partial charge on any atom is 0.182 e. The van der Waals surface area contributed by atoms with E-state index in [0.717, 1.165) is 10.3 Å². The molecule has 0 aliphatic carbocycles. The fourth-order valence-electron chi connectivity index (χ4n) is 1.37. The van der Waals surface area contributed by atoms with Crippen molar-refractivity contribution in [2.45, 2.75) is 33.2 Å². The molecule has 18 heavy (non-hydrogen) atoms. The average molecular weight is 251 g/mol. The lowest BCUT2D eigenvalue weighted by Crippen LogP contribution is -2.29. The van der Waals surface area contributed by atoms with Crippen LogP contribution in [0.3, 0.4) is 0 Å². The van der Waals surface area contributed by atoms with E-state index in [0.29, 0.717) is 18.1 Å². The van der Waals surface area contributed by atoms with Gasteiger partial charge in [0.2, 0.25) is 0 Å². The third-order valence-electron chi connectivity index (χ3n) is 2.42. The van der Waals surface area contributed by atoms with E-state index in [1.807, 2.05) is 33.8 Å². The molecular weight excluding hydrogens is 230 g/mol. The summed E-state index contributed by atoms with van der Waals surface area (Å²) >= 11 is 0. The smallest absolute Gasteiger partial charge is 0.182 e. The number of hydrogen-bond donors (Lipinski definition) is 0. The van der Waals surface area contributed by atoms with Crippen LogP contribution in [-0.2, 0) is 0 Å². The number of hydrogen-bond acceptors (Lipinski definition) is 3. The van der Waals surface area contributed by atoms with E-state index in [1.165, 1.54) is 0 Å². The number of nitrogens with zero attached hydrogens (tertiary/aromatic N) is 1. The van der Waals surface area contributed by atoms with E-state index in [9.17, 15) is 5.21 Å². The largest absolute Gasteiger partial charge is 0.623 e. The first-order chi connectivity index (χ1) is 8.38. The summed E-state index contributed by atoms with van der Waals surface area (Å²) in [6, 6.07) is 5.43. The van der Waals surface area contributed by atoms with Gasteiger partial charge >= 0.3 is 0 Å². The lowest BCUT2D eigenvalue weighted by atomic mass is 10.1. The molecule has 1 aromatic carbocycles. The van der Waals surface area contributed by atoms with Gasteiger partial charge in [-0.15, -0.1) is 0 Å². The Morgan fingerprint density at radius 2 is 1.94 bits per heavy atom. The van der Waals surface area contributed by atoms with Crippen molar-refractivity contribution in [2.75, 3.05) is 13.7 Å². The van der Waals surface area contributed by atoms with Crippen molar-refractivity contribution in [3.63, 3.8) is 0 Å². The van der Waals surface area contributed by atoms with Crippen LogP contribution in [0.15, 0.2) is 18.2 Å². The highest BCUT2D eigenvalue weighted by atomic mass is 16.5. The van der Waals surface area contributed by atoms with Crippen LogP contribution in [0, 0.1) is 5.21 Å². The van der Waals surface area contributed by atoms with Gasteiger partial charge in [0.05, 0.1) is 13.7 Å². The zero-order valence-corrected chi connectivity index (χ0v) is 11.7. The zero-order valence-electron chi connectivity index (χ0n) is 11.7. The molecule has 0 saturated heterocycles. The lowest BCUT2D eigenvalue weighted by Gasteiger charge is -2.18.